The minimum Gasteiger partial charge on any atom is -0.493 e. The third-order valence-electron chi connectivity index (χ3n) is 5.71. The van der Waals surface area contributed by atoms with E-state index in [1.54, 1.807) is 14.2 Å². The summed E-state index contributed by atoms with van der Waals surface area (Å²) in [4.78, 5) is 2.56. The summed E-state index contributed by atoms with van der Waals surface area (Å²) in [6.07, 6.45) is 3.98. The number of hydrogen-bond donors (Lipinski definition) is 1. The van der Waals surface area contributed by atoms with Crippen molar-refractivity contribution in [1.29, 1.82) is 0 Å². The third kappa shape index (κ3) is 3.40. The van der Waals surface area contributed by atoms with Gasteiger partial charge in [-0.3, -0.25) is 4.90 Å². The van der Waals surface area contributed by atoms with E-state index in [2.05, 4.69) is 30.9 Å². The molecule has 0 bridgehead atoms. The van der Waals surface area contributed by atoms with Crippen LogP contribution in [0, 0.1) is 11.8 Å². The Bertz CT molecular complexity index is 572. The summed E-state index contributed by atoms with van der Waals surface area (Å²) in [6, 6.07) is 4.54. The Morgan fingerprint density at radius 2 is 1.92 bits per heavy atom. The first-order valence-corrected chi connectivity index (χ1v) is 9.20. The minimum absolute atomic E-state index is 0.205. The van der Waals surface area contributed by atoms with Crippen molar-refractivity contribution < 1.29 is 14.6 Å². The van der Waals surface area contributed by atoms with E-state index in [9.17, 15) is 5.11 Å². The quantitative estimate of drug-likeness (QED) is 0.896. The normalized spacial score (nSPS) is 26.8. The molecule has 1 saturated heterocycles. The van der Waals surface area contributed by atoms with E-state index < -0.39 is 0 Å². The molecule has 1 aromatic carbocycles. The van der Waals surface area contributed by atoms with Gasteiger partial charge in [-0.25, -0.2) is 0 Å². The van der Waals surface area contributed by atoms with E-state index in [0.29, 0.717) is 17.9 Å². The largest absolute Gasteiger partial charge is 0.493 e. The monoisotopic (exact) mass is 333 g/mol. The fourth-order valence-electron chi connectivity index (χ4n) is 4.25. The van der Waals surface area contributed by atoms with Crippen molar-refractivity contribution in [2.24, 2.45) is 11.8 Å². The Morgan fingerprint density at radius 3 is 2.58 bits per heavy atom. The molecule has 1 aromatic rings. The number of hydrogen-bond acceptors (Lipinski definition) is 4. The maximum absolute atomic E-state index is 10.7. The van der Waals surface area contributed by atoms with Crippen molar-refractivity contribution in [1.82, 2.24) is 4.90 Å². The van der Waals surface area contributed by atoms with Crippen molar-refractivity contribution in [2.75, 3.05) is 27.3 Å². The highest BCUT2D eigenvalue weighted by Gasteiger charge is 2.38. The summed E-state index contributed by atoms with van der Waals surface area (Å²) < 4.78 is 10.9. The molecule has 2 aliphatic rings. The van der Waals surface area contributed by atoms with Gasteiger partial charge in [-0.1, -0.05) is 20.3 Å². The average molecular weight is 333 g/mol. The van der Waals surface area contributed by atoms with Crippen molar-refractivity contribution in [3.8, 4) is 11.5 Å². The number of nitrogens with zero attached hydrogens (tertiary/aromatic N) is 1. The Hall–Kier alpha value is -1.26. The molecular formula is C20H31NO3. The van der Waals surface area contributed by atoms with Crippen LogP contribution in [0.5, 0.6) is 11.5 Å². The van der Waals surface area contributed by atoms with Gasteiger partial charge in [0, 0.05) is 19.1 Å². The Labute approximate surface area is 145 Å². The van der Waals surface area contributed by atoms with Gasteiger partial charge in [0.1, 0.15) is 0 Å². The molecule has 2 heterocycles. The van der Waals surface area contributed by atoms with Gasteiger partial charge in [-0.15, -0.1) is 0 Å². The smallest absolute Gasteiger partial charge is 0.161 e. The summed E-state index contributed by atoms with van der Waals surface area (Å²) in [5.41, 5.74) is 2.64. The molecule has 4 nitrogen and oxygen atoms in total. The molecule has 0 saturated carbocycles. The van der Waals surface area contributed by atoms with E-state index >= 15 is 0 Å². The third-order valence-corrected chi connectivity index (χ3v) is 5.71. The van der Waals surface area contributed by atoms with Crippen molar-refractivity contribution in [2.45, 2.75) is 51.7 Å². The SMILES string of the molecule is COc1cc2c(cc1OC)[C@@H]1C[C@@H](O)C(CCC(C)C)CN1CC2. The van der Waals surface area contributed by atoms with Gasteiger partial charge in [-0.2, -0.15) is 0 Å². The molecule has 134 valence electrons. The summed E-state index contributed by atoms with van der Waals surface area (Å²) >= 11 is 0. The molecule has 0 aromatic heterocycles. The molecule has 24 heavy (non-hydrogen) atoms. The second-order valence-electron chi connectivity index (χ2n) is 7.70. The maximum atomic E-state index is 10.7. The predicted molar refractivity (Wildman–Crippen MR) is 95.7 cm³/mol. The Balaban J connectivity index is 1.81. The zero-order chi connectivity index (χ0) is 17.3. The Morgan fingerprint density at radius 1 is 1.21 bits per heavy atom. The fraction of sp³-hybridized carbons (Fsp3) is 0.700. The molecule has 2 aliphatic heterocycles. The molecule has 3 atom stereocenters. The van der Waals surface area contributed by atoms with Crippen LogP contribution in [0.2, 0.25) is 0 Å². The van der Waals surface area contributed by atoms with Gasteiger partial charge in [-0.05, 0) is 54.4 Å². The molecule has 0 radical (unpaired) electrons. The standard InChI is InChI=1S/C20H31NO3/c1-13(2)5-6-15-12-21-8-7-14-9-19(23-3)20(24-4)10-16(14)17(21)11-18(15)22/h9-10,13,15,17-18,22H,5-8,11-12H2,1-4H3/t15?,17-,18+/m0/s1. The lowest BCUT2D eigenvalue weighted by Crippen LogP contribution is -2.48. The van der Waals surface area contributed by atoms with Gasteiger partial charge < -0.3 is 14.6 Å². The van der Waals surface area contributed by atoms with Crippen LogP contribution < -0.4 is 9.47 Å². The van der Waals surface area contributed by atoms with Crippen LogP contribution in [-0.4, -0.2) is 43.4 Å². The van der Waals surface area contributed by atoms with Crippen LogP contribution in [0.4, 0.5) is 0 Å². The van der Waals surface area contributed by atoms with Crippen LogP contribution in [0.15, 0.2) is 12.1 Å². The lowest BCUT2D eigenvalue weighted by molar-refractivity contribution is -0.0166. The summed E-state index contributed by atoms with van der Waals surface area (Å²) in [5, 5.41) is 10.7. The second-order valence-corrected chi connectivity index (χ2v) is 7.70. The molecule has 4 heteroatoms. The number of aliphatic hydroxyl groups is 1. The lowest BCUT2D eigenvalue weighted by Gasteiger charge is -2.46. The molecule has 0 aliphatic carbocycles. The van der Waals surface area contributed by atoms with Crippen LogP contribution in [0.1, 0.15) is 50.3 Å². The van der Waals surface area contributed by atoms with Gasteiger partial charge in [0.2, 0.25) is 0 Å². The number of benzene rings is 1. The van der Waals surface area contributed by atoms with Gasteiger partial charge in [0.15, 0.2) is 11.5 Å². The van der Waals surface area contributed by atoms with Crippen LogP contribution in [-0.2, 0) is 6.42 Å². The summed E-state index contributed by atoms with van der Waals surface area (Å²) in [6.45, 7) is 6.59. The first-order valence-electron chi connectivity index (χ1n) is 9.20. The summed E-state index contributed by atoms with van der Waals surface area (Å²) in [5.74, 6) is 2.70. The average Bonchev–Trinajstić information content (AvgIpc) is 2.58. The van der Waals surface area contributed by atoms with Crippen LogP contribution >= 0.6 is 0 Å². The van der Waals surface area contributed by atoms with Gasteiger partial charge in [0.05, 0.1) is 20.3 Å². The van der Waals surface area contributed by atoms with Gasteiger partial charge >= 0.3 is 0 Å². The van der Waals surface area contributed by atoms with E-state index in [1.807, 2.05) is 0 Å². The molecule has 0 amide bonds. The maximum Gasteiger partial charge on any atom is 0.161 e. The molecule has 1 unspecified atom stereocenters. The topological polar surface area (TPSA) is 41.9 Å². The number of aliphatic hydroxyl groups excluding tert-OH is 1. The van der Waals surface area contributed by atoms with E-state index in [1.165, 1.54) is 17.5 Å². The van der Waals surface area contributed by atoms with Crippen molar-refractivity contribution in [3.05, 3.63) is 23.3 Å². The van der Waals surface area contributed by atoms with E-state index in [4.69, 9.17) is 9.47 Å². The first-order chi connectivity index (χ1) is 11.5. The zero-order valence-corrected chi connectivity index (χ0v) is 15.4. The number of rotatable bonds is 5. The molecule has 3 rings (SSSR count). The van der Waals surface area contributed by atoms with Crippen LogP contribution in [0.3, 0.4) is 0 Å². The van der Waals surface area contributed by atoms with E-state index in [-0.39, 0.29) is 6.10 Å². The van der Waals surface area contributed by atoms with Gasteiger partial charge in [0.25, 0.3) is 0 Å². The molecule has 1 N–H and O–H groups in total. The number of methoxy groups -OCH3 is 2. The fourth-order valence-corrected chi connectivity index (χ4v) is 4.25. The molecule has 0 spiro atoms. The number of ether oxygens (including phenoxy) is 2. The van der Waals surface area contributed by atoms with Crippen LogP contribution in [0.25, 0.3) is 0 Å². The van der Waals surface area contributed by atoms with E-state index in [0.717, 1.165) is 43.9 Å². The highest BCUT2D eigenvalue weighted by atomic mass is 16.5. The van der Waals surface area contributed by atoms with Crippen molar-refractivity contribution >= 4 is 0 Å². The molecule has 1 fully saturated rings. The first kappa shape index (κ1) is 17.6. The lowest BCUT2D eigenvalue weighted by atomic mass is 9.79. The number of fused-ring (bicyclic) bond motifs is 3. The molecular weight excluding hydrogens is 302 g/mol. The zero-order valence-electron chi connectivity index (χ0n) is 15.4. The Kier molecular flexibility index (Phi) is 5.36. The highest BCUT2D eigenvalue weighted by molar-refractivity contribution is 5.49. The number of piperidine rings is 1. The summed E-state index contributed by atoms with van der Waals surface area (Å²) in [7, 11) is 3.37. The second kappa shape index (κ2) is 7.32. The predicted octanol–water partition coefficient (Wildman–Crippen LogP) is 3.42. The minimum atomic E-state index is -0.205. The van der Waals surface area contributed by atoms with Crippen molar-refractivity contribution in [3.63, 3.8) is 0 Å². The highest BCUT2D eigenvalue weighted by Crippen LogP contribution is 2.43.